The standard InChI is InChI=1S/C16H25N7OS/c1-17-16-18-12(10-25-16)15(24)23-7-5-6-11(8-23)14-20-19-13(22(14)4)9-21(2)3/h10-11H,5-9H2,1-4H3,(H,17,18). The Morgan fingerprint density at radius 2 is 2.24 bits per heavy atom. The van der Waals surface area contributed by atoms with Gasteiger partial charge in [-0.3, -0.25) is 4.79 Å². The fourth-order valence-corrected chi connectivity index (χ4v) is 3.82. The lowest BCUT2D eigenvalue weighted by atomic mass is 9.97. The maximum absolute atomic E-state index is 12.7. The number of hydrogen-bond acceptors (Lipinski definition) is 7. The lowest BCUT2D eigenvalue weighted by Crippen LogP contribution is -2.40. The van der Waals surface area contributed by atoms with E-state index < -0.39 is 0 Å². The number of amides is 1. The highest BCUT2D eigenvalue weighted by atomic mass is 32.1. The molecule has 8 nitrogen and oxygen atoms in total. The summed E-state index contributed by atoms with van der Waals surface area (Å²) in [6.07, 6.45) is 1.99. The molecular formula is C16H25N7OS. The van der Waals surface area contributed by atoms with Crippen molar-refractivity contribution in [3.63, 3.8) is 0 Å². The number of rotatable bonds is 5. The second-order valence-electron chi connectivity index (χ2n) is 6.65. The second kappa shape index (κ2) is 7.49. The van der Waals surface area contributed by atoms with E-state index in [1.165, 1.54) is 11.3 Å². The first-order valence-electron chi connectivity index (χ1n) is 8.45. The van der Waals surface area contributed by atoms with Gasteiger partial charge in [-0.1, -0.05) is 0 Å². The van der Waals surface area contributed by atoms with Gasteiger partial charge >= 0.3 is 0 Å². The highest BCUT2D eigenvalue weighted by molar-refractivity contribution is 7.13. The number of likely N-dealkylation sites (tertiary alicyclic amines) is 1. The monoisotopic (exact) mass is 363 g/mol. The van der Waals surface area contributed by atoms with Crippen LogP contribution in [0.25, 0.3) is 0 Å². The van der Waals surface area contributed by atoms with Crippen molar-refractivity contribution in [1.82, 2.24) is 29.5 Å². The van der Waals surface area contributed by atoms with Crippen LogP contribution in [0.1, 0.15) is 40.9 Å². The van der Waals surface area contributed by atoms with Gasteiger partial charge in [0.2, 0.25) is 0 Å². The van der Waals surface area contributed by atoms with Crippen LogP contribution in [0.3, 0.4) is 0 Å². The first kappa shape index (κ1) is 17.8. The summed E-state index contributed by atoms with van der Waals surface area (Å²) in [5.74, 6) is 2.12. The van der Waals surface area contributed by atoms with Gasteiger partial charge in [0, 0.05) is 38.5 Å². The fourth-order valence-electron chi connectivity index (χ4n) is 3.17. The molecule has 0 saturated carbocycles. The quantitative estimate of drug-likeness (QED) is 0.865. The van der Waals surface area contributed by atoms with Gasteiger partial charge in [0.1, 0.15) is 17.3 Å². The lowest BCUT2D eigenvalue weighted by molar-refractivity contribution is 0.0698. The van der Waals surface area contributed by atoms with Gasteiger partial charge in [-0.25, -0.2) is 4.98 Å². The molecule has 1 aliphatic heterocycles. The van der Waals surface area contributed by atoms with Crippen molar-refractivity contribution < 1.29 is 4.79 Å². The summed E-state index contributed by atoms with van der Waals surface area (Å²) < 4.78 is 2.07. The first-order chi connectivity index (χ1) is 12.0. The molecule has 1 unspecified atom stereocenters. The molecule has 3 heterocycles. The van der Waals surface area contributed by atoms with Crippen LogP contribution >= 0.6 is 11.3 Å². The van der Waals surface area contributed by atoms with Gasteiger partial charge in [0.05, 0.1) is 6.54 Å². The fraction of sp³-hybridized carbons (Fsp3) is 0.625. The maximum Gasteiger partial charge on any atom is 0.273 e. The van der Waals surface area contributed by atoms with E-state index in [0.29, 0.717) is 12.2 Å². The van der Waals surface area contributed by atoms with Crippen LogP contribution in [-0.4, -0.2) is 69.7 Å². The molecule has 2 aromatic heterocycles. The Balaban J connectivity index is 1.73. The molecule has 0 bridgehead atoms. The van der Waals surface area contributed by atoms with E-state index in [1.54, 1.807) is 0 Å². The normalized spacial score (nSPS) is 18.0. The van der Waals surface area contributed by atoms with Crippen LogP contribution in [0.4, 0.5) is 5.13 Å². The first-order valence-corrected chi connectivity index (χ1v) is 9.33. The van der Waals surface area contributed by atoms with Crippen LogP contribution in [-0.2, 0) is 13.6 Å². The van der Waals surface area contributed by atoms with E-state index >= 15 is 0 Å². The lowest BCUT2D eigenvalue weighted by Gasteiger charge is -2.31. The number of hydrogen-bond donors (Lipinski definition) is 1. The molecule has 1 amide bonds. The van der Waals surface area contributed by atoms with E-state index in [2.05, 4.69) is 30.0 Å². The van der Waals surface area contributed by atoms with Crippen molar-refractivity contribution in [3.8, 4) is 0 Å². The zero-order valence-corrected chi connectivity index (χ0v) is 16.0. The zero-order valence-electron chi connectivity index (χ0n) is 15.2. The number of nitrogens with one attached hydrogen (secondary N) is 1. The number of piperidine rings is 1. The molecule has 3 rings (SSSR count). The summed E-state index contributed by atoms with van der Waals surface area (Å²) in [7, 11) is 7.85. The highest BCUT2D eigenvalue weighted by Crippen LogP contribution is 2.27. The molecule has 1 atom stereocenters. The van der Waals surface area contributed by atoms with Gasteiger partial charge in [0.25, 0.3) is 5.91 Å². The average Bonchev–Trinajstić information content (AvgIpc) is 3.21. The van der Waals surface area contributed by atoms with Crippen molar-refractivity contribution in [2.24, 2.45) is 7.05 Å². The van der Waals surface area contributed by atoms with Crippen molar-refractivity contribution >= 4 is 22.4 Å². The van der Waals surface area contributed by atoms with Crippen LogP contribution in [0.15, 0.2) is 5.38 Å². The Labute approximate surface area is 151 Å². The SMILES string of the molecule is CNc1nc(C(=O)N2CCCC(c3nnc(CN(C)C)n3C)C2)cs1. The predicted octanol–water partition coefficient (Wildman–Crippen LogP) is 1.39. The molecule has 0 aliphatic carbocycles. The van der Waals surface area contributed by atoms with E-state index in [0.717, 1.165) is 42.7 Å². The molecule has 1 fully saturated rings. The third kappa shape index (κ3) is 3.82. The van der Waals surface area contributed by atoms with Crippen LogP contribution in [0.5, 0.6) is 0 Å². The number of aromatic nitrogens is 4. The number of carbonyl (C=O) groups excluding carboxylic acids is 1. The number of anilines is 1. The van der Waals surface area contributed by atoms with Gasteiger partial charge in [-0.15, -0.1) is 21.5 Å². The smallest absolute Gasteiger partial charge is 0.273 e. The predicted molar refractivity (Wildman–Crippen MR) is 97.9 cm³/mol. The third-order valence-electron chi connectivity index (χ3n) is 4.47. The molecule has 1 N–H and O–H groups in total. The Hall–Kier alpha value is -2.00. The van der Waals surface area contributed by atoms with Gasteiger partial charge in [-0.2, -0.15) is 0 Å². The average molecular weight is 363 g/mol. The molecule has 0 aromatic carbocycles. The molecule has 136 valence electrons. The third-order valence-corrected chi connectivity index (χ3v) is 5.33. The molecule has 0 spiro atoms. The molecule has 0 radical (unpaired) electrons. The minimum Gasteiger partial charge on any atom is -0.365 e. The van der Waals surface area contributed by atoms with E-state index in [4.69, 9.17) is 0 Å². The summed E-state index contributed by atoms with van der Waals surface area (Å²) in [6.45, 7) is 2.19. The van der Waals surface area contributed by atoms with Gasteiger partial charge in [0.15, 0.2) is 5.13 Å². The van der Waals surface area contributed by atoms with Crippen LogP contribution < -0.4 is 5.32 Å². The minimum absolute atomic E-state index is 0.00173. The number of nitrogens with zero attached hydrogens (tertiary/aromatic N) is 6. The van der Waals surface area contributed by atoms with Crippen LogP contribution in [0, 0.1) is 0 Å². The number of carbonyl (C=O) groups is 1. The molecule has 1 aliphatic rings. The van der Waals surface area contributed by atoms with E-state index in [9.17, 15) is 4.79 Å². The van der Waals surface area contributed by atoms with Crippen molar-refractivity contribution in [3.05, 3.63) is 22.7 Å². The Kier molecular flexibility index (Phi) is 5.33. The number of thiazole rings is 1. The summed E-state index contributed by atoms with van der Waals surface area (Å²) in [4.78, 5) is 21.0. The highest BCUT2D eigenvalue weighted by Gasteiger charge is 2.29. The minimum atomic E-state index is -0.00173. The molecule has 9 heteroatoms. The summed E-state index contributed by atoms with van der Waals surface area (Å²) in [5.41, 5.74) is 0.515. The van der Waals surface area contributed by atoms with Gasteiger partial charge < -0.3 is 19.7 Å². The Morgan fingerprint density at radius 3 is 2.92 bits per heavy atom. The van der Waals surface area contributed by atoms with Gasteiger partial charge in [-0.05, 0) is 26.9 Å². The Bertz CT molecular complexity index is 739. The molecule has 25 heavy (non-hydrogen) atoms. The maximum atomic E-state index is 12.7. The molecular weight excluding hydrogens is 338 g/mol. The molecule has 1 saturated heterocycles. The molecule has 2 aromatic rings. The summed E-state index contributed by atoms with van der Waals surface area (Å²) in [6, 6.07) is 0. The van der Waals surface area contributed by atoms with E-state index in [-0.39, 0.29) is 11.8 Å². The van der Waals surface area contributed by atoms with E-state index in [1.807, 2.05) is 38.5 Å². The largest absolute Gasteiger partial charge is 0.365 e. The second-order valence-corrected chi connectivity index (χ2v) is 7.51. The van der Waals surface area contributed by atoms with Crippen molar-refractivity contribution in [2.75, 3.05) is 39.5 Å². The van der Waals surface area contributed by atoms with Crippen LogP contribution in [0.2, 0.25) is 0 Å². The topological polar surface area (TPSA) is 79.2 Å². The van der Waals surface area contributed by atoms with Crippen molar-refractivity contribution in [1.29, 1.82) is 0 Å². The summed E-state index contributed by atoms with van der Waals surface area (Å²) >= 11 is 1.45. The Morgan fingerprint density at radius 1 is 1.44 bits per heavy atom. The summed E-state index contributed by atoms with van der Waals surface area (Å²) in [5, 5.41) is 14.3. The zero-order chi connectivity index (χ0) is 18.0. The van der Waals surface area contributed by atoms with Crippen molar-refractivity contribution in [2.45, 2.75) is 25.3 Å².